The van der Waals surface area contributed by atoms with Gasteiger partial charge in [-0.15, -0.1) is 0 Å². The molecule has 2 fully saturated rings. The summed E-state index contributed by atoms with van der Waals surface area (Å²) in [6, 6.07) is 18.0. The zero-order valence-corrected chi connectivity index (χ0v) is 20.9. The van der Waals surface area contributed by atoms with Crippen LogP contribution in [0.25, 0.3) is 11.1 Å². The highest BCUT2D eigenvalue weighted by Crippen LogP contribution is 2.44. The van der Waals surface area contributed by atoms with Gasteiger partial charge in [0, 0.05) is 0 Å². The lowest BCUT2D eigenvalue weighted by Crippen LogP contribution is -2.25. The van der Waals surface area contributed by atoms with E-state index in [0.717, 1.165) is 30.1 Å². The van der Waals surface area contributed by atoms with Gasteiger partial charge < -0.3 is 0 Å². The summed E-state index contributed by atoms with van der Waals surface area (Å²) >= 11 is 0. The number of hydrogen-bond donors (Lipinski definition) is 0. The SMILES string of the molecule is CCCCCC1CCC(C2CCC(c3ccc(-c4ccc(CCCF)cc4)cc3)CC2)CC1. The van der Waals surface area contributed by atoms with Crippen LogP contribution in [0, 0.1) is 17.8 Å². The summed E-state index contributed by atoms with van der Waals surface area (Å²) in [6.45, 7) is 2.09. The lowest BCUT2D eigenvalue weighted by atomic mass is 9.68. The zero-order chi connectivity index (χ0) is 22.9. The van der Waals surface area contributed by atoms with Gasteiger partial charge in [0.25, 0.3) is 0 Å². The summed E-state index contributed by atoms with van der Waals surface area (Å²) in [6.07, 6.45) is 18.9. The third-order valence-electron chi connectivity index (χ3n) is 8.81. The molecule has 0 spiro atoms. The topological polar surface area (TPSA) is 0 Å². The van der Waals surface area contributed by atoms with E-state index in [1.54, 1.807) is 0 Å². The minimum Gasteiger partial charge on any atom is -0.251 e. The van der Waals surface area contributed by atoms with Crippen molar-refractivity contribution in [1.82, 2.24) is 0 Å². The van der Waals surface area contributed by atoms with Gasteiger partial charge in [0.05, 0.1) is 6.67 Å². The van der Waals surface area contributed by atoms with Crippen molar-refractivity contribution in [2.45, 2.75) is 103 Å². The molecule has 0 nitrogen and oxygen atoms in total. The van der Waals surface area contributed by atoms with Crippen LogP contribution in [0.5, 0.6) is 0 Å². The van der Waals surface area contributed by atoms with E-state index in [1.807, 2.05) is 0 Å². The van der Waals surface area contributed by atoms with Crippen molar-refractivity contribution in [3.05, 3.63) is 59.7 Å². The second-order valence-electron chi connectivity index (χ2n) is 11.0. The van der Waals surface area contributed by atoms with Gasteiger partial charge in [-0.05, 0) is 97.3 Å². The Morgan fingerprint density at radius 2 is 1.24 bits per heavy atom. The molecule has 2 aliphatic carbocycles. The molecule has 2 aliphatic rings. The molecule has 0 saturated heterocycles. The molecule has 0 amide bonds. The second kappa shape index (κ2) is 12.7. The third kappa shape index (κ3) is 6.93. The molecule has 0 unspecified atom stereocenters. The van der Waals surface area contributed by atoms with E-state index in [9.17, 15) is 4.39 Å². The Kier molecular flexibility index (Phi) is 9.45. The fourth-order valence-corrected chi connectivity index (χ4v) is 6.64. The predicted molar refractivity (Wildman–Crippen MR) is 140 cm³/mol. The highest BCUT2D eigenvalue weighted by Gasteiger charge is 2.31. The lowest BCUT2D eigenvalue weighted by molar-refractivity contribution is 0.155. The van der Waals surface area contributed by atoms with Crippen LogP contribution in [-0.2, 0) is 6.42 Å². The van der Waals surface area contributed by atoms with Crippen LogP contribution in [-0.4, -0.2) is 6.67 Å². The second-order valence-corrected chi connectivity index (χ2v) is 11.0. The van der Waals surface area contributed by atoms with Crippen LogP contribution in [0.2, 0.25) is 0 Å². The first kappa shape index (κ1) is 24.5. The Hall–Kier alpha value is -1.63. The maximum atomic E-state index is 12.4. The Balaban J connectivity index is 1.23. The molecular weight excluding hydrogens is 403 g/mol. The fourth-order valence-electron chi connectivity index (χ4n) is 6.64. The first-order valence-electron chi connectivity index (χ1n) is 14.0. The monoisotopic (exact) mass is 448 g/mol. The largest absolute Gasteiger partial charge is 0.251 e. The van der Waals surface area contributed by atoms with Crippen molar-refractivity contribution in [3.63, 3.8) is 0 Å². The van der Waals surface area contributed by atoms with Crippen molar-refractivity contribution in [2.75, 3.05) is 6.67 Å². The predicted octanol–water partition coefficient (Wildman–Crippen LogP) is 9.92. The van der Waals surface area contributed by atoms with E-state index in [4.69, 9.17) is 0 Å². The number of unbranched alkanes of at least 4 members (excludes halogenated alkanes) is 2. The van der Waals surface area contributed by atoms with Crippen molar-refractivity contribution in [1.29, 1.82) is 0 Å². The maximum Gasteiger partial charge on any atom is 0.0897 e. The molecule has 2 aromatic rings. The Morgan fingerprint density at radius 3 is 1.82 bits per heavy atom. The van der Waals surface area contributed by atoms with Crippen LogP contribution < -0.4 is 0 Å². The standard InChI is InChI=1S/C32H45F/c1-2-3-4-6-25-8-12-27(13-9-25)29-16-20-31(21-17-29)32-22-18-30(19-23-32)28-14-10-26(11-15-28)7-5-24-33/h10-11,14-15,18-19,22-23,25,27,29,31H,2-9,12-13,16-17,20-21,24H2,1H3. The van der Waals surface area contributed by atoms with E-state index in [0.29, 0.717) is 6.42 Å². The van der Waals surface area contributed by atoms with Gasteiger partial charge in [-0.2, -0.15) is 0 Å². The zero-order valence-electron chi connectivity index (χ0n) is 20.9. The molecule has 2 aromatic carbocycles. The summed E-state index contributed by atoms with van der Waals surface area (Å²) in [4.78, 5) is 0. The van der Waals surface area contributed by atoms with Crippen molar-refractivity contribution < 1.29 is 4.39 Å². The van der Waals surface area contributed by atoms with Crippen LogP contribution >= 0.6 is 0 Å². The van der Waals surface area contributed by atoms with E-state index in [1.165, 1.54) is 99.3 Å². The number of hydrogen-bond acceptors (Lipinski definition) is 0. The fraction of sp³-hybridized carbons (Fsp3) is 0.625. The van der Waals surface area contributed by atoms with Gasteiger partial charge in [-0.25, -0.2) is 0 Å². The van der Waals surface area contributed by atoms with E-state index < -0.39 is 0 Å². The minimum atomic E-state index is -0.231. The first-order chi connectivity index (χ1) is 16.3. The Labute approximate surface area is 202 Å². The number of aryl methyl sites for hydroxylation is 1. The summed E-state index contributed by atoms with van der Waals surface area (Å²) in [5.74, 6) is 3.80. The van der Waals surface area contributed by atoms with Gasteiger partial charge in [0.15, 0.2) is 0 Å². The Morgan fingerprint density at radius 1 is 0.667 bits per heavy atom. The normalized spacial score (nSPS) is 25.8. The van der Waals surface area contributed by atoms with Crippen LogP contribution in [0.1, 0.15) is 107 Å². The van der Waals surface area contributed by atoms with Gasteiger partial charge in [0.2, 0.25) is 0 Å². The molecule has 0 bridgehead atoms. The van der Waals surface area contributed by atoms with Crippen LogP contribution in [0.4, 0.5) is 4.39 Å². The quantitative estimate of drug-likeness (QED) is 0.317. The molecular formula is C32H45F. The molecule has 0 heterocycles. The van der Waals surface area contributed by atoms with Crippen molar-refractivity contribution in [3.8, 4) is 11.1 Å². The van der Waals surface area contributed by atoms with E-state index in [2.05, 4.69) is 55.5 Å². The van der Waals surface area contributed by atoms with E-state index >= 15 is 0 Å². The molecule has 1 heteroatoms. The smallest absolute Gasteiger partial charge is 0.0897 e. The molecule has 0 radical (unpaired) electrons. The average Bonchev–Trinajstić information content (AvgIpc) is 2.89. The first-order valence-corrected chi connectivity index (χ1v) is 14.0. The molecule has 4 rings (SSSR count). The summed E-state index contributed by atoms with van der Waals surface area (Å²) in [5, 5.41) is 0. The van der Waals surface area contributed by atoms with E-state index in [-0.39, 0.29) is 6.67 Å². The molecule has 0 N–H and O–H groups in total. The van der Waals surface area contributed by atoms with Crippen molar-refractivity contribution in [2.24, 2.45) is 17.8 Å². The van der Waals surface area contributed by atoms with Crippen molar-refractivity contribution >= 4 is 0 Å². The number of rotatable bonds is 10. The minimum absolute atomic E-state index is 0.231. The van der Waals surface area contributed by atoms with Gasteiger partial charge >= 0.3 is 0 Å². The number of benzene rings is 2. The molecule has 33 heavy (non-hydrogen) atoms. The molecule has 180 valence electrons. The summed E-state index contributed by atoms with van der Waals surface area (Å²) < 4.78 is 12.4. The Bertz CT molecular complexity index is 789. The molecule has 0 aliphatic heterocycles. The maximum absolute atomic E-state index is 12.4. The van der Waals surface area contributed by atoms with Gasteiger partial charge in [0.1, 0.15) is 0 Å². The summed E-state index contributed by atoms with van der Waals surface area (Å²) in [5.41, 5.74) is 5.32. The third-order valence-corrected chi connectivity index (χ3v) is 8.81. The lowest BCUT2D eigenvalue weighted by Gasteiger charge is -2.38. The molecule has 0 atom stereocenters. The summed E-state index contributed by atoms with van der Waals surface area (Å²) in [7, 11) is 0. The van der Waals surface area contributed by atoms with Gasteiger partial charge in [-0.1, -0.05) is 94.0 Å². The van der Waals surface area contributed by atoms with Crippen LogP contribution in [0.3, 0.4) is 0 Å². The average molecular weight is 449 g/mol. The number of halogens is 1. The molecule has 0 aromatic heterocycles. The van der Waals surface area contributed by atoms with Crippen LogP contribution in [0.15, 0.2) is 48.5 Å². The van der Waals surface area contributed by atoms with Gasteiger partial charge in [-0.3, -0.25) is 4.39 Å². The number of alkyl halides is 1. The highest BCUT2D eigenvalue weighted by molar-refractivity contribution is 5.64. The highest BCUT2D eigenvalue weighted by atomic mass is 19.1. The molecule has 2 saturated carbocycles.